The van der Waals surface area contributed by atoms with E-state index in [0.29, 0.717) is 25.2 Å². The van der Waals surface area contributed by atoms with Crippen LogP contribution in [0.1, 0.15) is 27.2 Å². The van der Waals surface area contributed by atoms with E-state index in [9.17, 15) is 0 Å². The van der Waals surface area contributed by atoms with E-state index in [1.165, 1.54) is 0 Å². The van der Waals surface area contributed by atoms with Crippen molar-refractivity contribution in [3.63, 3.8) is 0 Å². The molecule has 2 atom stereocenters. The van der Waals surface area contributed by atoms with Crippen LogP contribution in [-0.2, 0) is 20.9 Å². The van der Waals surface area contributed by atoms with Gasteiger partial charge in [0, 0.05) is 6.04 Å². The van der Waals surface area contributed by atoms with Crippen LogP contribution in [-0.4, -0.2) is 19.3 Å². The average Bonchev–Trinajstić information content (AvgIpc) is 2.31. The second kappa shape index (κ2) is 4.85. The molecule has 0 aromatic carbocycles. The lowest BCUT2D eigenvalue weighted by Crippen LogP contribution is -2.23. The normalized spacial score (nSPS) is 34.3. The summed E-state index contributed by atoms with van der Waals surface area (Å²) in [6.07, 6.45) is 1.10. The molecule has 0 bridgehead atoms. The summed E-state index contributed by atoms with van der Waals surface area (Å²) in [6.45, 7) is 5.56. The van der Waals surface area contributed by atoms with Gasteiger partial charge in [0.1, 0.15) is 0 Å². The van der Waals surface area contributed by atoms with Crippen molar-refractivity contribution in [3.8, 4) is 0 Å². The Labute approximate surface area is 85.4 Å². The SMILES string of the molecule is CCOP1(=S)N[C@@H](CC(C)C)CO1. The fraction of sp³-hybridized carbons (Fsp3) is 1.00. The molecular formula is C8H18NO2PS. The van der Waals surface area contributed by atoms with Gasteiger partial charge in [0.2, 0.25) is 0 Å². The van der Waals surface area contributed by atoms with Crippen molar-refractivity contribution in [1.82, 2.24) is 5.09 Å². The quantitative estimate of drug-likeness (QED) is 0.741. The van der Waals surface area contributed by atoms with Crippen LogP contribution in [0.15, 0.2) is 0 Å². The number of rotatable bonds is 4. The topological polar surface area (TPSA) is 30.5 Å². The van der Waals surface area contributed by atoms with Gasteiger partial charge in [0.05, 0.1) is 13.2 Å². The lowest BCUT2D eigenvalue weighted by Gasteiger charge is -2.15. The molecule has 0 amide bonds. The van der Waals surface area contributed by atoms with Crippen LogP contribution >= 0.6 is 6.64 Å². The molecule has 1 aliphatic rings. The maximum absolute atomic E-state index is 5.49. The maximum atomic E-state index is 5.49. The summed E-state index contributed by atoms with van der Waals surface area (Å²) in [5, 5.41) is 3.28. The molecule has 1 saturated heterocycles. The lowest BCUT2D eigenvalue weighted by molar-refractivity contribution is 0.273. The fourth-order valence-electron chi connectivity index (χ4n) is 1.42. The summed E-state index contributed by atoms with van der Waals surface area (Å²) >= 11 is 5.25. The largest absolute Gasteiger partial charge is 0.318 e. The highest BCUT2D eigenvalue weighted by atomic mass is 32.5. The highest BCUT2D eigenvalue weighted by Crippen LogP contribution is 2.49. The first-order valence-electron chi connectivity index (χ1n) is 4.72. The highest BCUT2D eigenvalue weighted by molar-refractivity contribution is 8.09. The molecule has 1 unspecified atom stereocenters. The molecule has 0 saturated carbocycles. The molecule has 1 fully saturated rings. The minimum absolute atomic E-state index is 0.386. The van der Waals surface area contributed by atoms with Gasteiger partial charge in [-0.3, -0.25) is 0 Å². The number of nitrogens with one attached hydrogen (secondary N) is 1. The van der Waals surface area contributed by atoms with E-state index in [2.05, 4.69) is 18.9 Å². The summed E-state index contributed by atoms with van der Waals surface area (Å²) in [6, 6.07) is 0.386. The molecule has 1 N–H and O–H groups in total. The third-order valence-electron chi connectivity index (χ3n) is 1.84. The minimum Gasteiger partial charge on any atom is -0.318 e. The van der Waals surface area contributed by atoms with Crippen molar-refractivity contribution in [2.75, 3.05) is 13.2 Å². The Hall–Kier alpha value is 0.530. The Morgan fingerprint density at radius 1 is 1.69 bits per heavy atom. The Morgan fingerprint density at radius 3 is 2.92 bits per heavy atom. The van der Waals surface area contributed by atoms with Gasteiger partial charge in [-0.25, -0.2) is 5.09 Å². The summed E-state index contributed by atoms with van der Waals surface area (Å²) < 4.78 is 10.9. The molecule has 0 spiro atoms. The molecule has 3 nitrogen and oxygen atoms in total. The van der Waals surface area contributed by atoms with Crippen molar-refractivity contribution in [2.24, 2.45) is 5.92 Å². The van der Waals surface area contributed by atoms with Crippen LogP contribution in [0.25, 0.3) is 0 Å². The first kappa shape index (κ1) is 11.6. The first-order chi connectivity index (χ1) is 6.06. The van der Waals surface area contributed by atoms with E-state index < -0.39 is 6.64 Å². The van der Waals surface area contributed by atoms with E-state index in [1.807, 2.05) is 6.92 Å². The zero-order valence-corrected chi connectivity index (χ0v) is 10.2. The van der Waals surface area contributed by atoms with Crippen molar-refractivity contribution < 1.29 is 9.05 Å². The Morgan fingerprint density at radius 2 is 2.38 bits per heavy atom. The Kier molecular flexibility index (Phi) is 4.33. The second-order valence-corrected chi connectivity index (χ2v) is 6.88. The minimum atomic E-state index is -2.10. The summed E-state index contributed by atoms with van der Waals surface area (Å²) in [5.74, 6) is 0.671. The third-order valence-corrected chi connectivity index (χ3v) is 4.56. The van der Waals surface area contributed by atoms with E-state index in [1.54, 1.807) is 0 Å². The van der Waals surface area contributed by atoms with Crippen molar-refractivity contribution >= 4 is 18.4 Å². The van der Waals surface area contributed by atoms with Crippen LogP contribution in [0.4, 0.5) is 0 Å². The second-order valence-electron chi connectivity index (χ2n) is 3.67. The molecule has 78 valence electrons. The molecule has 0 radical (unpaired) electrons. The summed E-state index contributed by atoms with van der Waals surface area (Å²) in [7, 11) is 0. The number of hydrogen-bond acceptors (Lipinski definition) is 3. The van der Waals surface area contributed by atoms with Crippen molar-refractivity contribution in [2.45, 2.75) is 33.2 Å². The van der Waals surface area contributed by atoms with Gasteiger partial charge in [-0.15, -0.1) is 0 Å². The smallest absolute Gasteiger partial charge is 0.261 e. The van der Waals surface area contributed by atoms with E-state index in [0.717, 1.165) is 6.42 Å². The molecule has 1 heterocycles. The highest BCUT2D eigenvalue weighted by Gasteiger charge is 2.31. The molecule has 5 heteroatoms. The Bertz CT molecular complexity index is 210. The predicted octanol–water partition coefficient (Wildman–Crippen LogP) is 2.28. The molecule has 0 aromatic rings. The van der Waals surface area contributed by atoms with E-state index in [4.69, 9.17) is 20.9 Å². The standard InChI is InChI=1S/C8H18NO2PS/c1-4-10-12(13)9-8(6-11-12)5-7(2)3/h7-8H,4-6H2,1-3H3,(H,9,13)/t8-,12?/m0/s1. The van der Waals surface area contributed by atoms with Crippen LogP contribution in [0.3, 0.4) is 0 Å². The molecule has 0 aliphatic carbocycles. The third kappa shape index (κ3) is 3.64. The van der Waals surface area contributed by atoms with Gasteiger partial charge in [0.15, 0.2) is 0 Å². The van der Waals surface area contributed by atoms with Crippen molar-refractivity contribution in [3.05, 3.63) is 0 Å². The van der Waals surface area contributed by atoms with Gasteiger partial charge >= 0.3 is 0 Å². The van der Waals surface area contributed by atoms with Gasteiger partial charge in [-0.2, -0.15) is 0 Å². The van der Waals surface area contributed by atoms with Gasteiger partial charge in [-0.1, -0.05) is 13.8 Å². The van der Waals surface area contributed by atoms with E-state index >= 15 is 0 Å². The summed E-state index contributed by atoms with van der Waals surface area (Å²) in [4.78, 5) is 0. The average molecular weight is 223 g/mol. The predicted molar refractivity (Wildman–Crippen MR) is 58.2 cm³/mol. The summed E-state index contributed by atoms with van der Waals surface area (Å²) in [5.41, 5.74) is 0. The maximum Gasteiger partial charge on any atom is 0.261 e. The van der Waals surface area contributed by atoms with Gasteiger partial charge in [0.25, 0.3) is 6.64 Å². The molecular weight excluding hydrogens is 205 g/mol. The first-order valence-corrected chi connectivity index (χ1v) is 7.36. The van der Waals surface area contributed by atoms with Crippen LogP contribution in [0.5, 0.6) is 0 Å². The lowest BCUT2D eigenvalue weighted by atomic mass is 10.1. The zero-order chi connectivity index (χ0) is 9.90. The molecule has 1 rings (SSSR count). The van der Waals surface area contributed by atoms with Crippen LogP contribution < -0.4 is 5.09 Å². The van der Waals surface area contributed by atoms with E-state index in [-0.39, 0.29) is 0 Å². The van der Waals surface area contributed by atoms with Gasteiger partial charge in [-0.05, 0) is 31.1 Å². The van der Waals surface area contributed by atoms with Crippen LogP contribution in [0, 0.1) is 5.92 Å². The van der Waals surface area contributed by atoms with Crippen LogP contribution in [0.2, 0.25) is 0 Å². The molecule has 1 aliphatic heterocycles. The van der Waals surface area contributed by atoms with Gasteiger partial charge < -0.3 is 9.05 Å². The molecule has 0 aromatic heterocycles. The fourth-order valence-corrected chi connectivity index (χ4v) is 3.93. The Balaban J connectivity index is 2.39. The number of hydrogen-bond donors (Lipinski definition) is 1. The molecule has 13 heavy (non-hydrogen) atoms. The monoisotopic (exact) mass is 223 g/mol. The zero-order valence-electron chi connectivity index (χ0n) is 8.45. The van der Waals surface area contributed by atoms with Crippen molar-refractivity contribution in [1.29, 1.82) is 0 Å².